The van der Waals surface area contributed by atoms with Gasteiger partial charge in [-0.2, -0.15) is 0 Å². The number of hydrogen-bond donors (Lipinski definition) is 1. The Labute approximate surface area is 124 Å². The van der Waals surface area contributed by atoms with Gasteiger partial charge in [-0.25, -0.2) is 8.78 Å². The first-order valence-corrected chi connectivity index (χ1v) is 6.81. The third kappa shape index (κ3) is 2.93. The first kappa shape index (κ1) is 14.8. The molecule has 0 saturated carbocycles. The zero-order valence-electron chi connectivity index (χ0n) is 11.1. The van der Waals surface area contributed by atoms with Gasteiger partial charge in [0.1, 0.15) is 24.0 Å². The minimum atomic E-state index is -0.643. The van der Waals surface area contributed by atoms with Crippen LogP contribution in [0.15, 0.2) is 28.7 Å². The summed E-state index contributed by atoms with van der Waals surface area (Å²) in [5, 5.41) is 0. The monoisotopic (exact) mass is 341 g/mol. The van der Waals surface area contributed by atoms with E-state index in [0.29, 0.717) is 11.4 Å². The second-order valence-electron chi connectivity index (χ2n) is 4.59. The lowest BCUT2D eigenvalue weighted by Crippen LogP contribution is -2.05. The van der Waals surface area contributed by atoms with E-state index in [1.807, 2.05) is 13.8 Å². The van der Waals surface area contributed by atoms with E-state index < -0.39 is 11.6 Å². The molecule has 106 valence electrons. The summed E-state index contributed by atoms with van der Waals surface area (Å²) in [6.45, 7) is 3.50. The Bertz CT molecular complexity index is 636. The topological polar surface area (TPSA) is 35.2 Å². The predicted molar refractivity (Wildman–Crippen MR) is 78.7 cm³/mol. The van der Waals surface area contributed by atoms with Gasteiger partial charge < -0.3 is 10.5 Å². The maximum atomic E-state index is 13.8. The van der Waals surface area contributed by atoms with Gasteiger partial charge in [-0.15, -0.1) is 0 Å². The Morgan fingerprint density at radius 3 is 2.35 bits per heavy atom. The molecular weight excluding hydrogens is 328 g/mol. The molecule has 0 amide bonds. The van der Waals surface area contributed by atoms with Crippen LogP contribution < -0.4 is 10.5 Å². The van der Waals surface area contributed by atoms with E-state index in [1.54, 1.807) is 12.1 Å². The highest BCUT2D eigenvalue weighted by Gasteiger charge is 2.14. The average molecular weight is 342 g/mol. The molecule has 0 bridgehead atoms. The van der Waals surface area contributed by atoms with Gasteiger partial charge in [0.25, 0.3) is 0 Å². The molecule has 0 aliphatic heterocycles. The number of ether oxygens (including phenoxy) is 1. The zero-order valence-corrected chi connectivity index (χ0v) is 12.7. The predicted octanol–water partition coefficient (Wildman–Crippen LogP) is 4.51. The molecular formula is C15H14BrF2NO. The van der Waals surface area contributed by atoms with Crippen LogP contribution in [0.2, 0.25) is 0 Å². The molecule has 2 nitrogen and oxygen atoms in total. The van der Waals surface area contributed by atoms with Crippen LogP contribution in [0.4, 0.5) is 14.5 Å². The fourth-order valence-corrected chi connectivity index (χ4v) is 2.43. The minimum Gasteiger partial charge on any atom is -0.488 e. The minimum absolute atomic E-state index is 0.102. The van der Waals surface area contributed by atoms with E-state index in [0.717, 1.165) is 11.1 Å². The highest BCUT2D eigenvalue weighted by Crippen LogP contribution is 2.28. The lowest BCUT2D eigenvalue weighted by atomic mass is 10.1. The third-order valence-corrected chi connectivity index (χ3v) is 3.59. The summed E-state index contributed by atoms with van der Waals surface area (Å²) in [7, 11) is 0. The SMILES string of the molecule is Cc1cc(N)cc(C)c1OCc1c(F)ccc(Br)c1F. The van der Waals surface area contributed by atoms with Crippen LogP contribution in [0.25, 0.3) is 0 Å². The molecule has 0 heterocycles. The standard InChI is InChI=1S/C15H14BrF2NO/c1-8-5-10(19)6-9(2)15(8)20-7-11-13(17)4-3-12(16)14(11)18/h3-6H,7,19H2,1-2H3. The van der Waals surface area contributed by atoms with Crippen molar-refractivity contribution < 1.29 is 13.5 Å². The lowest BCUT2D eigenvalue weighted by molar-refractivity contribution is 0.288. The van der Waals surface area contributed by atoms with Crippen molar-refractivity contribution in [1.82, 2.24) is 0 Å². The second-order valence-corrected chi connectivity index (χ2v) is 5.45. The number of hydrogen-bond acceptors (Lipinski definition) is 2. The molecule has 2 aromatic carbocycles. The Morgan fingerprint density at radius 1 is 1.15 bits per heavy atom. The van der Waals surface area contributed by atoms with Crippen LogP contribution in [0.3, 0.4) is 0 Å². The second kappa shape index (κ2) is 5.79. The fraction of sp³-hybridized carbons (Fsp3) is 0.200. The Balaban J connectivity index is 2.28. The normalized spacial score (nSPS) is 10.7. The van der Waals surface area contributed by atoms with Crippen molar-refractivity contribution in [1.29, 1.82) is 0 Å². The number of aryl methyl sites for hydroxylation is 2. The maximum Gasteiger partial charge on any atom is 0.146 e. The number of nitrogens with two attached hydrogens (primary N) is 1. The van der Waals surface area contributed by atoms with E-state index in [1.165, 1.54) is 12.1 Å². The van der Waals surface area contributed by atoms with Crippen molar-refractivity contribution >= 4 is 21.6 Å². The van der Waals surface area contributed by atoms with Crippen molar-refractivity contribution in [2.45, 2.75) is 20.5 Å². The van der Waals surface area contributed by atoms with E-state index in [-0.39, 0.29) is 16.6 Å². The van der Waals surface area contributed by atoms with E-state index in [9.17, 15) is 8.78 Å². The van der Waals surface area contributed by atoms with Gasteiger partial charge in [-0.1, -0.05) is 0 Å². The largest absolute Gasteiger partial charge is 0.488 e. The van der Waals surface area contributed by atoms with Crippen molar-refractivity contribution in [3.05, 3.63) is 57.1 Å². The van der Waals surface area contributed by atoms with E-state index in [4.69, 9.17) is 10.5 Å². The van der Waals surface area contributed by atoms with E-state index >= 15 is 0 Å². The number of rotatable bonds is 3. The summed E-state index contributed by atoms with van der Waals surface area (Å²) >= 11 is 3.03. The van der Waals surface area contributed by atoms with Gasteiger partial charge in [0, 0.05) is 5.69 Å². The van der Waals surface area contributed by atoms with Crippen LogP contribution in [-0.4, -0.2) is 0 Å². The Morgan fingerprint density at radius 2 is 1.75 bits per heavy atom. The third-order valence-electron chi connectivity index (χ3n) is 2.98. The quantitative estimate of drug-likeness (QED) is 0.658. The number of anilines is 1. The summed E-state index contributed by atoms with van der Waals surface area (Å²) in [6.07, 6.45) is 0. The molecule has 0 aliphatic rings. The fourth-order valence-electron chi connectivity index (χ4n) is 2.06. The molecule has 20 heavy (non-hydrogen) atoms. The zero-order chi connectivity index (χ0) is 14.9. The summed E-state index contributed by atoms with van der Waals surface area (Å²) in [6, 6.07) is 6.05. The molecule has 0 fully saturated rings. The molecule has 0 atom stereocenters. The van der Waals surface area contributed by atoms with Crippen LogP contribution in [-0.2, 0) is 6.61 Å². The summed E-state index contributed by atoms with van der Waals surface area (Å²) in [5.74, 6) is -0.676. The maximum absolute atomic E-state index is 13.8. The van der Waals surface area contributed by atoms with Crippen LogP contribution >= 0.6 is 15.9 Å². The molecule has 2 rings (SSSR count). The Kier molecular flexibility index (Phi) is 4.28. The van der Waals surface area contributed by atoms with Gasteiger partial charge in [-0.3, -0.25) is 0 Å². The van der Waals surface area contributed by atoms with Crippen LogP contribution in [0.1, 0.15) is 16.7 Å². The van der Waals surface area contributed by atoms with Crippen molar-refractivity contribution in [3.8, 4) is 5.75 Å². The summed E-state index contributed by atoms with van der Waals surface area (Å²) in [5.41, 5.74) is 7.92. The van der Waals surface area contributed by atoms with Gasteiger partial charge in [0.2, 0.25) is 0 Å². The van der Waals surface area contributed by atoms with Gasteiger partial charge in [0.15, 0.2) is 0 Å². The summed E-state index contributed by atoms with van der Waals surface area (Å²) in [4.78, 5) is 0. The lowest BCUT2D eigenvalue weighted by Gasteiger charge is -2.14. The van der Waals surface area contributed by atoms with Crippen molar-refractivity contribution in [3.63, 3.8) is 0 Å². The molecule has 0 aliphatic carbocycles. The number of benzene rings is 2. The highest BCUT2D eigenvalue weighted by molar-refractivity contribution is 9.10. The van der Waals surface area contributed by atoms with Crippen molar-refractivity contribution in [2.24, 2.45) is 0 Å². The average Bonchev–Trinajstić information content (AvgIpc) is 2.36. The smallest absolute Gasteiger partial charge is 0.146 e. The van der Waals surface area contributed by atoms with Crippen molar-refractivity contribution in [2.75, 3.05) is 5.73 Å². The molecule has 0 unspecified atom stereocenters. The molecule has 0 spiro atoms. The highest BCUT2D eigenvalue weighted by atomic mass is 79.9. The van der Waals surface area contributed by atoms with Crippen LogP contribution in [0, 0.1) is 25.5 Å². The molecule has 2 aromatic rings. The van der Waals surface area contributed by atoms with Gasteiger partial charge in [-0.05, 0) is 65.2 Å². The molecule has 0 radical (unpaired) electrons. The molecule has 5 heteroatoms. The number of halogens is 3. The first-order valence-electron chi connectivity index (χ1n) is 6.02. The van der Waals surface area contributed by atoms with Gasteiger partial charge in [0.05, 0.1) is 10.0 Å². The molecule has 2 N–H and O–H groups in total. The first-order chi connectivity index (χ1) is 9.40. The molecule has 0 saturated heterocycles. The molecule has 0 aromatic heterocycles. The Hall–Kier alpha value is -1.62. The van der Waals surface area contributed by atoms with Gasteiger partial charge >= 0.3 is 0 Å². The number of nitrogen functional groups attached to an aromatic ring is 1. The summed E-state index contributed by atoms with van der Waals surface area (Å²) < 4.78 is 33.3. The van der Waals surface area contributed by atoms with E-state index in [2.05, 4.69) is 15.9 Å². The van der Waals surface area contributed by atoms with Crippen LogP contribution in [0.5, 0.6) is 5.75 Å².